The van der Waals surface area contributed by atoms with E-state index in [1.165, 1.54) is 0 Å². The largest absolute Gasteiger partial charge is 0.379 e. The van der Waals surface area contributed by atoms with Crippen molar-refractivity contribution in [1.29, 1.82) is 0 Å². The van der Waals surface area contributed by atoms with Gasteiger partial charge in [0.25, 0.3) is 0 Å². The summed E-state index contributed by atoms with van der Waals surface area (Å²) < 4.78 is 4.97. The van der Waals surface area contributed by atoms with E-state index < -0.39 is 0 Å². The molecule has 2 aliphatic rings. The summed E-state index contributed by atoms with van der Waals surface area (Å²) in [6.07, 6.45) is 3.83. The number of piperazine rings is 1. The van der Waals surface area contributed by atoms with E-state index in [-0.39, 0.29) is 12.5 Å². The van der Waals surface area contributed by atoms with Crippen LogP contribution in [-0.4, -0.2) is 96.7 Å². The van der Waals surface area contributed by atoms with Gasteiger partial charge in [-0.3, -0.25) is 4.79 Å². The number of H-pyrrole nitrogens is 1. The molecule has 2 N–H and O–H groups in total. The molecule has 2 aliphatic heterocycles. The average molecular weight is 498 g/mol. The van der Waals surface area contributed by atoms with Crippen LogP contribution in [0.25, 0.3) is 22.6 Å². The van der Waals surface area contributed by atoms with Crippen molar-refractivity contribution in [2.45, 2.75) is 18.9 Å². The fourth-order valence-corrected chi connectivity index (χ4v) is 5.01. The minimum absolute atomic E-state index is 0.0470. The number of nitrogens with zero attached hydrogens (tertiary/aromatic N) is 5. The van der Waals surface area contributed by atoms with Gasteiger partial charge in [-0.1, -0.05) is 11.6 Å². The lowest BCUT2D eigenvalue weighted by atomic mass is 10.1. The number of amides is 1. The Morgan fingerprint density at radius 3 is 2.54 bits per heavy atom. The Balaban J connectivity index is 1.30. The van der Waals surface area contributed by atoms with Gasteiger partial charge in [0.15, 0.2) is 5.65 Å². The highest BCUT2D eigenvalue weighted by Crippen LogP contribution is 2.32. The van der Waals surface area contributed by atoms with Crippen molar-refractivity contribution >= 4 is 40.0 Å². The van der Waals surface area contributed by atoms with E-state index in [0.29, 0.717) is 24.2 Å². The summed E-state index contributed by atoms with van der Waals surface area (Å²) in [6.45, 7) is 5.28. The number of aromatic amines is 1. The van der Waals surface area contributed by atoms with Crippen molar-refractivity contribution < 1.29 is 9.53 Å². The molecule has 2 aromatic heterocycles. The first-order valence-electron chi connectivity index (χ1n) is 12.1. The van der Waals surface area contributed by atoms with E-state index in [1.807, 2.05) is 4.90 Å². The van der Waals surface area contributed by atoms with Crippen LogP contribution in [0.2, 0.25) is 5.02 Å². The van der Waals surface area contributed by atoms with Crippen LogP contribution in [0.5, 0.6) is 0 Å². The summed E-state index contributed by atoms with van der Waals surface area (Å²) >= 11 is 6.53. The number of ether oxygens (including phenoxy) is 1. The number of aromatic nitrogens is 3. The molecule has 10 heteroatoms. The summed E-state index contributed by atoms with van der Waals surface area (Å²) in [5.41, 5.74) is 4.47. The quantitative estimate of drug-likeness (QED) is 0.541. The van der Waals surface area contributed by atoms with Gasteiger partial charge in [0.2, 0.25) is 5.91 Å². The Morgan fingerprint density at radius 2 is 1.86 bits per heavy atom. The van der Waals surface area contributed by atoms with Gasteiger partial charge in [-0.2, -0.15) is 0 Å². The Labute approximate surface area is 210 Å². The zero-order valence-corrected chi connectivity index (χ0v) is 21.0. The number of likely N-dealkylation sites (tertiary alicyclic amines) is 1. The van der Waals surface area contributed by atoms with Gasteiger partial charge in [0, 0.05) is 50.6 Å². The number of pyridine rings is 1. The van der Waals surface area contributed by atoms with Crippen molar-refractivity contribution in [3.63, 3.8) is 0 Å². The summed E-state index contributed by atoms with van der Waals surface area (Å²) in [7, 11) is 3.71. The summed E-state index contributed by atoms with van der Waals surface area (Å²) in [5, 5.41) is 4.22. The number of hydrogen-bond acceptors (Lipinski definition) is 7. The second-order valence-corrected chi connectivity index (χ2v) is 9.74. The molecule has 2 fully saturated rings. The number of nitrogens with one attached hydrogen (secondary N) is 2. The molecule has 1 amide bonds. The number of imidazole rings is 1. The van der Waals surface area contributed by atoms with E-state index in [9.17, 15) is 4.79 Å². The van der Waals surface area contributed by atoms with Crippen LogP contribution < -0.4 is 10.2 Å². The second-order valence-electron chi connectivity index (χ2n) is 9.33. The van der Waals surface area contributed by atoms with Gasteiger partial charge in [-0.15, -0.1) is 0 Å². The monoisotopic (exact) mass is 497 g/mol. The van der Waals surface area contributed by atoms with Gasteiger partial charge in [-0.05, 0) is 57.2 Å². The number of fused-ring (bicyclic) bond motifs is 1. The molecule has 1 aromatic carbocycles. The molecule has 0 radical (unpaired) electrons. The number of hydrogen-bond donors (Lipinski definition) is 2. The molecule has 3 aromatic rings. The number of benzene rings is 1. The topological polar surface area (TPSA) is 89.6 Å². The number of carbonyl (C=O) groups excluding carboxylic acids is 1. The highest BCUT2D eigenvalue weighted by atomic mass is 35.5. The van der Waals surface area contributed by atoms with E-state index in [1.54, 1.807) is 13.3 Å². The zero-order chi connectivity index (χ0) is 24.4. The van der Waals surface area contributed by atoms with Gasteiger partial charge in [-0.25, -0.2) is 9.97 Å². The fraction of sp³-hybridized carbons (Fsp3) is 0.480. The summed E-state index contributed by atoms with van der Waals surface area (Å²) in [5.74, 6) is 0.813. The normalized spacial score (nSPS) is 17.8. The maximum Gasteiger partial charge on any atom is 0.248 e. The van der Waals surface area contributed by atoms with Gasteiger partial charge >= 0.3 is 0 Å². The van der Waals surface area contributed by atoms with Crippen LogP contribution in [0.15, 0.2) is 30.5 Å². The maximum absolute atomic E-state index is 12.0. The molecule has 186 valence electrons. The maximum atomic E-state index is 12.0. The Kier molecular flexibility index (Phi) is 7.08. The Bertz CT molecular complexity index is 1170. The van der Waals surface area contributed by atoms with E-state index >= 15 is 0 Å². The molecule has 5 rings (SSSR count). The zero-order valence-electron chi connectivity index (χ0n) is 20.3. The van der Waals surface area contributed by atoms with Crippen molar-refractivity contribution in [2.75, 3.05) is 70.2 Å². The average Bonchev–Trinajstić information content (AvgIpc) is 3.32. The minimum Gasteiger partial charge on any atom is -0.379 e. The first kappa shape index (κ1) is 23.8. The van der Waals surface area contributed by atoms with Crippen LogP contribution in [0.4, 0.5) is 11.4 Å². The predicted molar refractivity (Wildman–Crippen MR) is 139 cm³/mol. The first-order valence-corrected chi connectivity index (χ1v) is 12.5. The van der Waals surface area contributed by atoms with Gasteiger partial charge < -0.3 is 29.7 Å². The highest BCUT2D eigenvalue weighted by molar-refractivity contribution is 6.34. The number of halogens is 1. The molecule has 35 heavy (non-hydrogen) atoms. The number of rotatable bonds is 6. The Hall–Kier alpha value is -2.88. The third-order valence-corrected chi connectivity index (χ3v) is 7.23. The number of piperidine rings is 1. The lowest BCUT2D eigenvalue weighted by molar-refractivity contribution is -0.135. The number of carbonyl (C=O) groups is 1. The third kappa shape index (κ3) is 5.22. The molecule has 0 bridgehead atoms. The third-order valence-electron chi connectivity index (χ3n) is 6.94. The van der Waals surface area contributed by atoms with Crippen LogP contribution in [0.3, 0.4) is 0 Å². The van der Waals surface area contributed by atoms with E-state index in [0.717, 1.165) is 72.9 Å². The second kappa shape index (κ2) is 10.4. The van der Waals surface area contributed by atoms with Crippen molar-refractivity contribution in [3.8, 4) is 11.4 Å². The summed E-state index contributed by atoms with van der Waals surface area (Å²) in [4.78, 5) is 31.2. The smallest absolute Gasteiger partial charge is 0.248 e. The SMILES string of the molecule is COCC(=O)N1CCN(c2ccc(-c3nc4c(NC5CCN(C)CC5)c(Cl)cnc4[nH]3)cc2)CC1. The Morgan fingerprint density at radius 1 is 1.14 bits per heavy atom. The molecular formula is C25H32ClN7O2. The summed E-state index contributed by atoms with van der Waals surface area (Å²) in [6, 6.07) is 8.72. The lowest BCUT2D eigenvalue weighted by Gasteiger charge is -2.36. The van der Waals surface area contributed by atoms with Gasteiger partial charge in [0.05, 0.1) is 16.9 Å². The fourth-order valence-electron chi connectivity index (χ4n) is 4.82. The molecule has 4 heterocycles. The predicted octanol–water partition coefficient (Wildman–Crippen LogP) is 3.08. The number of anilines is 2. The molecule has 9 nitrogen and oxygen atoms in total. The highest BCUT2D eigenvalue weighted by Gasteiger charge is 2.22. The van der Waals surface area contributed by atoms with Crippen molar-refractivity contribution in [1.82, 2.24) is 24.8 Å². The van der Waals surface area contributed by atoms with Crippen LogP contribution in [0.1, 0.15) is 12.8 Å². The van der Waals surface area contributed by atoms with Crippen LogP contribution in [-0.2, 0) is 9.53 Å². The molecule has 0 spiro atoms. The van der Waals surface area contributed by atoms with Crippen molar-refractivity contribution in [2.24, 2.45) is 0 Å². The first-order chi connectivity index (χ1) is 17.0. The van der Waals surface area contributed by atoms with Crippen LogP contribution >= 0.6 is 11.6 Å². The van der Waals surface area contributed by atoms with Crippen molar-refractivity contribution in [3.05, 3.63) is 35.5 Å². The minimum atomic E-state index is 0.0470. The molecule has 2 saturated heterocycles. The molecular weight excluding hydrogens is 466 g/mol. The van der Waals surface area contributed by atoms with Gasteiger partial charge in [0.1, 0.15) is 17.9 Å². The molecule has 0 atom stereocenters. The molecule has 0 saturated carbocycles. The molecule has 0 aliphatic carbocycles. The standard InChI is InChI=1S/C25H32ClN7O2/c1-31-9-7-18(8-10-31)28-22-20(26)15-27-25-23(22)29-24(30-25)17-3-5-19(6-4-17)32-11-13-33(14-12-32)21(34)16-35-2/h3-6,15,18H,7-14,16H2,1-2H3,(H2,27,28,29,30). The van der Waals surface area contributed by atoms with Crippen LogP contribution in [0, 0.1) is 0 Å². The number of methoxy groups -OCH3 is 1. The van der Waals surface area contributed by atoms with E-state index in [4.69, 9.17) is 21.3 Å². The lowest BCUT2D eigenvalue weighted by Crippen LogP contribution is -2.49. The molecule has 0 unspecified atom stereocenters. The van der Waals surface area contributed by atoms with E-state index in [2.05, 4.69) is 56.4 Å².